The van der Waals surface area contributed by atoms with Gasteiger partial charge in [-0.1, -0.05) is 22.9 Å². The molecule has 2 fully saturated rings. The van der Waals surface area contributed by atoms with Gasteiger partial charge in [0, 0.05) is 5.33 Å². The molecule has 1 aliphatic carbocycles. The van der Waals surface area contributed by atoms with E-state index in [2.05, 4.69) is 22.9 Å². The van der Waals surface area contributed by atoms with Crippen LogP contribution >= 0.6 is 15.9 Å². The van der Waals surface area contributed by atoms with E-state index in [0.717, 1.165) is 17.9 Å². The first kappa shape index (κ1) is 7.11. The number of hydrogen-bond donors (Lipinski definition) is 0. The average molecular weight is 205 g/mol. The molecule has 3 unspecified atom stereocenters. The van der Waals surface area contributed by atoms with Crippen LogP contribution in [0, 0.1) is 11.3 Å². The van der Waals surface area contributed by atoms with E-state index in [1.54, 1.807) is 0 Å². The lowest BCUT2D eigenvalue weighted by Gasteiger charge is -2.02. The van der Waals surface area contributed by atoms with Crippen molar-refractivity contribution >= 4 is 15.9 Å². The fourth-order valence-corrected chi connectivity index (χ4v) is 2.41. The highest BCUT2D eigenvalue weighted by Gasteiger charge is 2.55. The Morgan fingerprint density at radius 3 is 2.60 bits per heavy atom. The Morgan fingerprint density at radius 1 is 1.60 bits per heavy atom. The molecule has 0 aromatic heterocycles. The van der Waals surface area contributed by atoms with E-state index in [1.807, 2.05) is 0 Å². The normalized spacial score (nSPS) is 52.2. The van der Waals surface area contributed by atoms with Crippen LogP contribution in [-0.2, 0) is 4.74 Å². The number of halogens is 1. The molecule has 58 valence electrons. The summed E-state index contributed by atoms with van der Waals surface area (Å²) < 4.78 is 5.60. The fraction of sp³-hybridized carbons (Fsp3) is 1.00. The van der Waals surface area contributed by atoms with Gasteiger partial charge in [0.05, 0.1) is 12.7 Å². The maximum atomic E-state index is 5.60. The molecule has 0 amide bonds. The van der Waals surface area contributed by atoms with Crippen LogP contribution in [-0.4, -0.2) is 18.0 Å². The molecule has 0 aromatic rings. The van der Waals surface area contributed by atoms with Crippen molar-refractivity contribution in [1.29, 1.82) is 0 Å². The first-order valence-electron chi connectivity index (χ1n) is 3.94. The zero-order valence-electron chi connectivity index (χ0n) is 6.27. The molecule has 10 heavy (non-hydrogen) atoms. The summed E-state index contributed by atoms with van der Waals surface area (Å²) in [5, 5.41) is 1.02. The van der Waals surface area contributed by atoms with Crippen molar-refractivity contribution in [2.75, 3.05) is 11.9 Å². The van der Waals surface area contributed by atoms with Crippen LogP contribution in [0.4, 0.5) is 0 Å². The third-order valence-corrected chi connectivity index (χ3v) is 3.73. The summed E-state index contributed by atoms with van der Waals surface area (Å²) in [7, 11) is 0. The van der Waals surface area contributed by atoms with Crippen LogP contribution in [0.3, 0.4) is 0 Å². The highest BCUT2D eigenvalue weighted by Crippen LogP contribution is 2.59. The predicted octanol–water partition coefficient (Wildman–Crippen LogP) is 2.20. The zero-order valence-corrected chi connectivity index (χ0v) is 7.86. The molecule has 0 radical (unpaired) electrons. The van der Waals surface area contributed by atoms with E-state index in [4.69, 9.17) is 4.74 Å². The maximum absolute atomic E-state index is 5.60. The Morgan fingerprint density at radius 2 is 2.30 bits per heavy atom. The summed E-state index contributed by atoms with van der Waals surface area (Å²) in [5.74, 6) is 0.927. The highest BCUT2D eigenvalue weighted by atomic mass is 79.9. The molecule has 0 bridgehead atoms. The SMILES string of the molecule is CC1CC12COC(CBr)C2. The van der Waals surface area contributed by atoms with E-state index < -0.39 is 0 Å². The van der Waals surface area contributed by atoms with E-state index in [1.165, 1.54) is 12.8 Å². The minimum Gasteiger partial charge on any atom is -0.377 e. The number of ether oxygens (including phenoxy) is 1. The molecule has 1 aliphatic heterocycles. The second-order valence-corrected chi connectivity index (χ2v) is 4.41. The lowest BCUT2D eigenvalue weighted by atomic mass is 10.0. The van der Waals surface area contributed by atoms with Gasteiger partial charge in [-0.2, -0.15) is 0 Å². The van der Waals surface area contributed by atoms with Crippen molar-refractivity contribution < 1.29 is 4.74 Å². The Kier molecular flexibility index (Phi) is 1.57. The molecule has 1 spiro atoms. The van der Waals surface area contributed by atoms with Gasteiger partial charge in [-0.25, -0.2) is 0 Å². The largest absolute Gasteiger partial charge is 0.377 e. The van der Waals surface area contributed by atoms with Crippen LogP contribution < -0.4 is 0 Å². The van der Waals surface area contributed by atoms with Crippen LogP contribution in [0.15, 0.2) is 0 Å². The van der Waals surface area contributed by atoms with E-state index in [0.29, 0.717) is 11.5 Å². The molecule has 1 heterocycles. The summed E-state index contributed by atoms with van der Waals surface area (Å²) in [5.41, 5.74) is 0.623. The van der Waals surface area contributed by atoms with Crippen molar-refractivity contribution in [3.05, 3.63) is 0 Å². The topological polar surface area (TPSA) is 9.23 Å². The second-order valence-electron chi connectivity index (χ2n) is 3.76. The van der Waals surface area contributed by atoms with Gasteiger partial charge in [-0.05, 0) is 24.2 Å². The smallest absolute Gasteiger partial charge is 0.0678 e. The Balaban J connectivity index is 1.95. The molecule has 3 atom stereocenters. The van der Waals surface area contributed by atoms with Crippen LogP contribution in [0.25, 0.3) is 0 Å². The third-order valence-electron chi connectivity index (χ3n) is 3.01. The molecular weight excluding hydrogens is 192 g/mol. The molecule has 0 N–H and O–H groups in total. The van der Waals surface area contributed by atoms with Crippen molar-refractivity contribution in [3.8, 4) is 0 Å². The maximum Gasteiger partial charge on any atom is 0.0678 e. The standard InChI is InChI=1S/C8H13BrO/c1-6-2-8(6)3-7(4-9)10-5-8/h6-7H,2-5H2,1H3. The summed E-state index contributed by atoms with van der Waals surface area (Å²) in [6.07, 6.45) is 3.19. The summed E-state index contributed by atoms with van der Waals surface area (Å²) in [6.45, 7) is 3.35. The molecule has 2 rings (SSSR count). The summed E-state index contributed by atoms with van der Waals surface area (Å²) >= 11 is 3.45. The van der Waals surface area contributed by atoms with Crippen molar-refractivity contribution in [2.24, 2.45) is 11.3 Å². The summed E-state index contributed by atoms with van der Waals surface area (Å²) in [6, 6.07) is 0. The van der Waals surface area contributed by atoms with Gasteiger partial charge in [0.25, 0.3) is 0 Å². The van der Waals surface area contributed by atoms with E-state index >= 15 is 0 Å². The van der Waals surface area contributed by atoms with Gasteiger partial charge in [-0.15, -0.1) is 0 Å². The minimum atomic E-state index is 0.505. The molecule has 2 aliphatic rings. The predicted molar refractivity (Wildman–Crippen MR) is 44.4 cm³/mol. The Labute approximate surface area is 70.3 Å². The van der Waals surface area contributed by atoms with Crippen LogP contribution in [0.1, 0.15) is 19.8 Å². The molecule has 1 nitrogen and oxygen atoms in total. The first-order valence-corrected chi connectivity index (χ1v) is 5.06. The first-order chi connectivity index (χ1) is 4.77. The van der Waals surface area contributed by atoms with Gasteiger partial charge in [0.15, 0.2) is 0 Å². The van der Waals surface area contributed by atoms with Gasteiger partial charge in [-0.3, -0.25) is 0 Å². The van der Waals surface area contributed by atoms with Gasteiger partial charge >= 0.3 is 0 Å². The molecule has 2 heteroatoms. The number of rotatable bonds is 1. The van der Waals surface area contributed by atoms with Crippen molar-refractivity contribution in [3.63, 3.8) is 0 Å². The third kappa shape index (κ3) is 0.928. The highest BCUT2D eigenvalue weighted by molar-refractivity contribution is 9.09. The van der Waals surface area contributed by atoms with Crippen molar-refractivity contribution in [1.82, 2.24) is 0 Å². The van der Waals surface area contributed by atoms with E-state index in [-0.39, 0.29) is 0 Å². The van der Waals surface area contributed by atoms with Gasteiger partial charge in [0.1, 0.15) is 0 Å². The quantitative estimate of drug-likeness (QED) is 0.596. The van der Waals surface area contributed by atoms with Gasteiger partial charge < -0.3 is 4.74 Å². The van der Waals surface area contributed by atoms with Crippen LogP contribution in [0.5, 0.6) is 0 Å². The average Bonchev–Trinajstić information content (AvgIpc) is 2.43. The second kappa shape index (κ2) is 2.21. The van der Waals surface area contributed by atoms with Crippen LogP contribution in [0.2, 0.25) is 0 Å². The molecule has 1 saturated carbocycles. The van der Waals surface area contributed by atoms with Gasteiger partial charge in [0.2, 0.25) is 0 Å². The zero-order chi connectivity index (χ0) is 7.19. The number of hydrogen-bond acceptors (Lipinski definition) is 1. The lowest BCUT2D eigenvalue weighted by Crippen LogP contribution is -2.06. The lowest BCUT2D eigenvalue weighted by molar-refractivity contribution is 0.121. The fourth-order valence-electron chi connectivity index (χ4n) is 1.99. The van der Waals surface area contributed by atoms with Crippen molar-refractivity contribution in [2.45, 2.75) is 25.9 Å². The minimum absolute atomic E-state index is 0.505. The molecule has 0 aromatic carbocycles. The number of alkyl halides is 1. The monoisotopic (exact) mass is 204 g/mol. The summed E-state index contributed by atoms with van der Waals surface area (Å²) in [4.78, 5) is 0. The van der Waals surface area contributed by atoms with E-state index in [9.17, 15) is 0 Å². The molecule has 1 saturated heterocycles. The molecular formula is C8H13BrO. The Hall–Kier alpha value is 0.440. The Bertz CT molecular complexity index is 148.